The van der Waals surface area contributed by atoms with Crippen molar-refractivity contribution < 1.29 is 19.1 Å². The molecule has 0 radical (unpaired) electrons. The quantitative estimate of drug-likeness (QED) is 0.436. The van der Waals surface area contributed by atoms with Crippen LogP contribution >= 0.6 is 0 Å². The van der Waals surface area contributed by atoms with Crippen LogP contribution in [0, 0.1) is 11.8 Å². The summed E-state index contributed by atoms with van der Waals surface area (Å²) in [5.74, 6) is -1.15. The van der Waals surface area contributed by atoms with E-state index in [9.17, 15) is 9.90 Å². The third-order valence-electron chi connectivity index (χ3n) is 5.62. The SMILES string of the molecule is CCOC(=O)[C@H](C)[C@H](O)[C@@H](C)[C@H](O[Si](CC)(CC)CC)c1ccccc1. The number of carbonyl (C=O) groups is 1. The molecular weight excluding hydrogens is 344 g/mol. The van der Waals surface area contributed by atoms with Crippen molar-refractivity contribution in [1.82, 2.24) is 0 Å². The summed E-state index contributed by atoms with van der Waals surface area (Å²) in [5.41, 5.74) is 1.06. The predicted octanol–water partition coefficient (Wildman–Crippen LogP) is 4.95. The molecule has 1 aromatic rings. The Morgan fingerprint density at radius 3 is 2.04 bits per heavy atom. The Balaban J connectivity index is 3.13. The highest BCUT2D eigenvalue weighted by molar-refractivity contribution is 6.73. The highest BCUT2D eigenvalue weighted by Crippen LogP contribution is 2.37. The number of carbonyl (C=O) groups excluding carboxylic acids is 1. The molecule has 4 atom stereocenters. The van der Waals surface area contributed by atoms with Crippen molar-refractivity contribution >= 4 is 14.3 Å². The van der Waals surface area contributed by atoms with Gasteiger partial charge < -0.3 is 14.3 Å². The molecule has 0 fully saturated rings. The molecule has 4 nitrogen and oxygen atoms in total. The highest BCUT2D eigenvalue weighted by Gasteiger charge is 2.39. The lowest BCUT2D eigenvalue weighted by molar-refractivity contribution is -0.153. The Kier molecular flexibility index (Phi) is 9.54. The monoisotopic (exact) mass is 380 g/mol. The molecule has 0 aliphatic carbocycles. The largest absolute Gasteiger partial charge is 0.466 e. The number of hydrogen-bond acceptors (Lipinski definition) is 4. The van der Waals surface area contributed by atoms with Crippen LogP contribution in [0.3, 0.4) is 0 Å². The minimum absolute atomic E-state index is 0.215. The zero-order valence-electron chi connectivity index (χ0n) is 17.2. The first-order valence-electron chi connectivity index (χ1n) is 9.93. The van der Waals surface area contributed by atoms with Crippen molar-refractivity contribution in [2.75, 3.05) is 6.61 Å². The van der Waals surface area contributed by atoms with Gasteiger partial charge in [-0.15, -0.1) is 0 Å². The number of esters is 1. The van der Waals surface area contributed by atoms with E-state index in [2.05, 4.69) is 20.8 Å². The second-order valence-electron chi connectivity index (χ2n) is 7.08. The highest BCUT2D eigenvalue weighted by atomic mass is 28.4. The Labute approximate surface area is 160 Å². The van der Waals surface area contributed by atoms with E-state index in [1.165, 1.54) is 0 Å². The van der Waals surface area contributed by atoms with Gasteiger partial charge in [0, 0.05) is 5.92 Å². The molecule has 1 rings (SSSR count). The van der Waals surface area contributed by atoms with Gasteiger partial charge in [-0.25, -0.2) is 0 Å². The van der Waals surface area contributed by atoms with Crippen molar-refractivity contribution in [3.05, 3.63) is 35.9 Å². The molecule has 0 saturated carbocycles. The van der Waals surface area contributed by atoms with Gasteiger partial charge in [0.2, 0.25) is 0 Å². The van der Waals surface area contributed by atoms with Gasteiger partial charge >= 0.3 is 5.97 Å². The molecule has 0 aliphatic rings. The van der Waals surface area contributed by atoms with E-state index in [4.69, 9.17) is 9.16 Å². The number of benzene rings is 1. The summed E-state index contributed by atoms with van der Waals surface area (Å²) in [7, 11) is -1.88. The molecule has 0 unspecified atom stereocenters. The summed E-state index contributed by atoms with van der Waals surface area (Å²) in [4.78, 5) is 12.1. The van der Waals surface area contributed by atoms with Crippen LogP contribution in [-0.2, 0) is 14.0 Å². The van der Waals surface area contributed by atoms with Crippen molar-refractivity contribution in [3.8, 4) is 0 Å². The third-order valence-corrected chi connectivity index (χ3v) is 10.2. The summed E-state index contributed by atoms with van der Waals surface area (Å²) in [6.45, 7) is 12.4. The van der Waals surface area contributed by atoms with Crippen LogP contribution in [-0.4, -0.2) is 32.1 Å². The summed E-state index contributed by atoms with van der Waals surface area (Å²) < 4.78 is 11.9. The molecule has 148 valence electrons. The summed E-state index contributed by atoms with van der Waals surface area (Å²) >= 11 is 0. The first-order valence-corrected chi connectivity index (χ1v) is 12.5. The van der Waals surface area contributed by atoms with Gasteiger partial charge in [-0.1, -0.05) is 58.0 Å². The molecule has 26 heavy (non-hydrogen) atoms. The predicted molar refractivity (Wildman–Crippen MR) is 108 cm³/mol. The standard InChI is InChI=1S/C21H36O4Si/c1-7-24-21(23)17(6)19(22)16(5)20(18-14-12-11-13-15-18)25-26(8-2,9-3)10-4/h11-17,19-20,22H,7-10H2,1-6H3/t16-,17-,19-,20+/m1/s1. The number of aliphatic hydroxyl groups excluding tert-OH is 1. The van der Waals surface area contributed by atoms with Gasteiger partial charge in [-0.05, 0) is 37.5 Å². The first-order chi connectivity index (χ1) is 12.4. The Bertz CT molecular complexity index is 522. The van der Waals surface area contributed by atoms with Gasteiger partial charge in [-0.3, -0.25) is 4.79 Å². The maximum Gasteiger partial charge on any atom is 0.311 e. The molecule has 1 N–H and O–H groups in total. The molecule has 0 bridgehead atoms. The van der Waals surface area contributed by atoms with Gasteiger partial charge in [-0.2, -0.15) is 0 Å². The normalized spacial score (nSPS) is 16.6. The van der Waals surface area contributed by atoms with Crippen LogP contribution in [0.2, 0.25) is 18.1 Å². The second-order valence-corrected chi connectivity index (χ2v) is 11.8. The van der Waals surface area contributed by atoms with E-state index >= 15 is 0 Å². The smallest absolute Gasteiger partial charge is 0.311 e. The van der Waals surface area contributed by atoms with E-state index in [0.717, 1.165) is 23.7 Å². The topological polar surface area (TPSA) is 55.8 Å². The molecule has 0 spiro atoms. The fourth-order valence-corrected chi connectivity index (χ4v) is 6.33. The Morgan fingerprint density at radius 1 is 1.04 bits per heavy atom. The average Bonchev–Trinajstić information content (AvgIpc) is 2.68. The molecular formula is C21H36O4Si. The molecule has 0 amide bonds. The van der Waals surface area contributed by atoms with Gasteiger partial charge in [0.1, 0.15) is 0 Å². The molecule has 5 heteroatoms. The second kappa shape index (κ2) is 10.9. The lowest BCUT2D eigenvalue weighted by Crippen LogP contribution is -2.42. The third kappa shape index (κ3) is 5.66. The number of rotatable bonds is 11. The minimum Gasteiger partial charge on any atom is -0.466 e. The van der Waals surface area contributed by atoms with E-state index in [0.29, 0.717) is 6.61 Å². The Morgan fingerprint density at radius 2 is 1.58 bits per heavy atom. The summed E-state index contributed by atoms with van der Waals surface area (Å²) in [6, 6.07) is 13.2. The van der Waals surface area contributed by atoms with Crippen LogP contribution in [0.25, 0.3) is 0 Å². The number of ether oxygens (including phenoxy) is 1. The van der Waals surface area contributed by atoms with E-state index in [1.807, 2.05) is 37.3 Å². The van der Waals surface area contributed by atoms with Crippen molar-refractivity contribution in [1.29, 1.82) is 0 Å². The zero-order chi connectivity index (χ0) is 19.7. The maximum absolute atomic E-state index is 12.1. The lowest BCUT2D eigenvalue weighted by Gasteiger charge is -2.38. The number of aliphatic hydroxyl groups is 1. The molecule has 0 heterocycles. The molecule has 0 aliphatic heterocycles. The van der Waals surface area contributed by atoms with Crippen LogP contribution in [0.15, 0.2) is 30.3 Å². The van der Waals surface area contributed by atoms with Crippen LogP contribution in [0.4, 0.5) is 0 Å². The molecule has 1 aromatic carbocycles. The van der Waals surface area contributed by atoms with Crippen LogP contribution in [0.5, 0.6) is 0 Å². The van der Waals surface area contributed by atoms with E-state index in [1.54, 1.807) is 13.8 Å². The number of hydrogen-bond donors (Lipinski definition) is 1. The summed E-state index contributed by atoms with van der Waals surface area (Å²) in [6.07, 6.45) is -1.05. The van der Waals surface area contributed by atoms with Crippen molar-refractivity contribution in [3.63, 3.8) is 0 Å². The molecule has 0 aromatic heterocycles. The fourth-order valence-electron chi connectivity index (χ4n) is 3.44. The van der Waals surface area contributed by atoms with Crippen LogP contribution in [0.1, 0.15) is 53.2 Å². The first kappa shape index (κ1) is 22.9. The van der Waals surface area contributed by atoms with Crippen molar-refractivity contribution in [2.24, 2.45) is 11.8 Å². The van der Waals surface area contributed by atoms with Gasteiger partial charge in [0.05, 0.1) is 24.7 Å². The van der Waals surface area contributed by atoms with E-state index in [-0.39, 0.29) is 18.0 Å². The molecule has 0 saturated heterocycles. The van der Waals surface area contributed by atoms with Gasteiger partial charge in [0.25, 0.3) is 0 Å². The minimum atomic E-state index is -1.88. The summed E-state index contributed by atoms with van der Waals surface area (Å²) in [5, 5.41) is 10.9. The lowest BCUT2D eigenvalue weighted by atomic mass is 9.86. The fraction of sp³-hybridized carbons (Fsp3) is 0.667. The Hall–Kier alpha value is -1.17. The average molecular weight is 381 g/mol. The maximum atomic E-state index is 12.1. The zero-order valence-corrected chi connectivity index (χ0v) is 18.2. The van der Waals surface area contributed by atoms with Crippen molar-refractivity contribution in [2.45, 2.75) is 71.9 Å². The van der Waals surface area contributed by atoms with E-state index < -0.39 is 20.3 Å². The van der Waals surface area contributed by atoms with Crippen LogP contribution < -0.4 is 0 Å². The van der Waals surface area contributed by atoms with Gasteiger partial charge in [0.15, 0.2) is 8.32 Å².